The number of hydrogen-bond acceptors (Lipinski definition) is 4. The van der Waals surface area contributed by atoms with Crippen LogP contribution in [-0.2, 0) is 30.0 Å². The predicted molar refractivity (Wildman–Crippen MR) is 122 cm³/mol. The first-order valence-corrected chi connectivity index (χ1v) is 11.9. The topological polar surface area (TPSA) is 63.6 Å². The highest BCUT2D eigenvalue weighted by molar-refractivity contribution is 7.89. The maximum absolute atomic E-state index is 13.1. The Bertz CT molecular complexity index is 1170. The number of benzene rings is 2. The van der Waals surface area contributed by atoms with Gasteiger partial charge in [0.25, 0.3) is 0 Å². The van der Waals surface area contributed by atoms with Crippen molar-refractivity contribution in [3.05, 3.63) is 83.2 Å². The zero-order valence-electron chi connectivity index (χ0n) is 18.2. The molecule has 164 valence electrons. The van der Waals surface area contributed by atoms with Crippen LogP contribution in [0.4, 0.5) is 0 Å². The van der Waals surface area contributed by atoms with Crippen molar-refractivity contribution in [1.29, 1.82) is 0 Å². The number of hydrogen-bond donors (Lipinski definition) is 1. The molecule has 0 saturated carbocycles. The third-order valence-electron chi connectivity index (χ3n) is 6.06. The van der Waals surface area contributed by atoms with Crippen LogP contribution in [0.1, 0.15) is 28.4 Å². The number of sulfonamides is 1. The molecule has 0 fully saturated rings. The van der Waals surface area contributed by atoms with E-state index in [4.69, 9.17) is 4.74 Å². The lowest BCUT2D eigenvalue weighted by Gasteiger charge is -2.36. The molecule has 0 spiro atoms. The number of rotatable bonds is 7. The van der Waals surface area contributed by atoms with E-state index in [9.17, 15) is 8.42 Å². The lowest BCUT2D eigenvalue weighted by molar-refractivity contribution is 0.174. The second kappa shape index (κ2) is 8.86. The summed E-state index contributed by atoms with van der Waals surface area (Å²) < 4.78 is 36.4. The van der Waals surface area contributed by atoms with Gasteiger partial charge in [-0.2, -0.15) is 0 Å². The Balaban J connectivity index is 1.58. The highest BCUT2D eigenvalue weighted by atomic mass is 32.2. The van der Waals surface area contributed by atoms with Gasteiger partial charge in [0.1, 0.15) is 5.75 Å². The summed E-state index contributed by atoms with van der Waals surface area (Å²) in [5, 5.41) is 0. The molecule has 0 unspecified atom stereocenters. The summed E-state index contributed by atoms with van der Waals surface area (Å²) in [5.41, 5.74) is 4.43. The van der Waals surface area contributed by atoms with E-state index in [1.54, 1.807) is 32.2 Å². The molecule has 2 heterocycles. The zero-order valence-corrected chi connectivity index (χ0v) is 19.0. The minimum atomic E-state index is -3.66. The summed E-state index contributed by atoms with van der Waals surface area (Å²) in [7, 11) is -0.0814. The van der Waals surface area contributed by atoms with Gasteiger partial charge in [-0.05, 0) is 60.4 Å². The van der Waals surface area contributed by atoms with E-state index in [1.165, 1.54) is 11.1 Å². The minimum Gasteiger partial charge on any atom is -0.497 e. The van der Waals surface area contributed by atoms with Gasteiger partial charge in [-0.1, -0.05) is 24.3 Å². The lowest BCUT2D eigenvalue weighted by atomic mass is 9.98. The van der Waals surface area contributed by atoms with Crippen LogP contribution < -0.4 is 9.46 Å². The zero-order chi connectivity index (χ0) is 22.0. The van der Waals surface area contributed by atoms with Gasteiger partial charge >= 0.3 is 0 Å². The van der Waals surface area contributed by atoms with E-state index < -0.39 is 10.0 Å². The first kappa shape index (κ1) is 21.6. The molecule has 1 aliphatic rings. The standard InChI is InChI=1S/C24H29N3O3S/c1-18-15-21(30-3)10-11-24(18)31(28,29)25-16-23(22-9-6-13-26(22)2)27-14-12-19-7-4-5-8-20(19)17-27/h4-11,13,15,23,25H,12,14,16-17H2,1-3H3/t23-/m0/s1. The van der Waals surface area contributed by atoms with Gasteiger partial charge in [0.2, 0.25) is 10.0 Å². The molecule has 0 amide bonds. The van der Waals surface area contributed by atoms with Crippen molar-refractivity contribution in [2.24, 2.45) is 7.05 Å². The van der Waals surface area contributed by atoms with Crippen LogP contribution in [-0.4, -0.2) is 38.1 Å². The molecular formula is C24H29N3O3S. The fourth-order valence-corrected chi connectivity index (χ4v) is 5.60. The monoisotopic (exact) mass is 439 g/mol. The van der Waals surface area contributed by atoms with E-state index >= 15 is 0 Å². The lowest BCUT2D eigenvalue weighted by Crippen LogP contribution is -2.41. The Morgan fingerprint density at radius 3 is 2.55 bits per heavy atom. The van der Waals surface area contributed by atoms with Gasteiger partial charge in [0.05, 0.1) is 18.0 Å². The van der Waals surface area contributed by atoms with Crippen molar-refractivity contribution in [3.63, 3.8) is 0 Å². The number of nitrogens with zero attached hydrogens (tertiary/aromatic N) is 2. The number of fused-ring (bicyclic) bond motifs is 1. The quantitative estimate of drug-likeness (QED) is 0.613. The van der Waals surface area contributed by atoms with Crippen LogP contribution in [0.2, 0.25) is 0 Å². The van der Waals surface area contributed by atoms with Crippen LogP contribution in [0.3, 0.4) is 0 Å². The summed E-state index contributed by atoms with van der Waals surface area (Å²) in [6.45, 7) is 3.77. The summed E-state index contributed by atoms with van der Waals surface area (Å²) in [4.78, 5) is 2.64. The number of nitrogens with one attached hydrogen (secondary N) is 1. The van der Waals surface area contributed by atoms with E-state index in [1.807, 2.05) is 19.3 Å². The third-order valence-corrected chi connectivity index (χ3v) is 7.65. The molecule has 6 nitrogen and oxygen atoms in total. The summed E-state index contributed by atoms with van der Waals surface area (Å²) in [5.74, 6) is 0.644. The first-order valence-electron chi connectivity index (χ1n) is 10.5. The second-order valence-electron chi connectivity index (χ2n) is 8.03. The molecule has 2 aromatic carbocycles. The Labute approximate surface area is 184 Å². The molecular weight excluding hydrogens is 410 g/mol. The SMILES string of the molecule is COc1ccc(S(=O)(=O)NC[C@@H](c2cccn2C)N2CCc3ccccc3C2)c(C)c1. The molecule has 0 aliphatic carbocycles. The Kier molecular flexibility index (Phi) is 6.18. The second-order valence-corrected chi connectivity index (χ2v) is 9.77. The highest BCUT2D eigenvalue weighted by Gasteiger charge is 2.28. The van der Waals surface area contributed by atoms with Crippen molar-refractivity contribution < 1.29 is 13.2 Å². The van der Waals surface area contributed by atoms with E-state index in [0.29, 0.717) is 17.9 Å². The Hall–Kier alpha value is -2.61. The molecule has 1 atom stereocenters. The normalized spacial score (nSPS) is 15.5. The number of aryl methyl sites for hydroxylation is 2. The van der Waals surface area contributed by atoms with Crippen LogP contribution in [0.25, 0.3) is 0 Å². The van der Waals surface area contributed by atoms with Crippen LogP contribution in [0.5, 0.6) is 5.75 Å². The Morgan fingerprint density at radius 2 is 1.87 bits per heavy atom. The fraction of sp³-hybridized carbons (Fsp3) is 0.333. The van der Waals surface area contributed by atoms with Crippen LogP contribution >= 0.6 is 0 Å². The van der Waals surface area contributed by atoms with Crippen molar-refractivity contribution in [2.75, 3.05) is 20.2 Å². The van der Waals surface area contributed by atoms with Crippen molar-refractivity contribution in [3.8, 4) is 5.75 Å². The smallest absolute Gasteiger partial charge is 0.240 e. The average Bonchev–Trinajstić information content (AvgIpc) is 3.19. The van der Waals surface area contributed by atoms with Crippen LogP contribution in [0.15, 0.2) is 65.7 Å². The van der Waals surface area contributed by atoms with Gasteiger partial charge in [0, 0.05) is 38.6 Å². The predicted octanol–water partition coefficient (Wildman–Crippen LogP) is 3.42. The van der Waals surface area contributed by atoms with E-state index in [2.05, 4.69) is 44.5 Å². The molecule has 1 aromatic heterocycles. The van der Waals surface area contributed by atoms with Crippen molar-refractivity contribution in [1.82, 2.24) is 14.2 Å². The van der Waals surface area contributed by atoms with E-state index in [-0.39, 0.29) is 10.9 Å². The maximum Gasteiger partial charge on any atom is 0.240 e. The number of aromatic nitrogens is 1. The maximum atomic E-state index is 13.1. The molecule has 1 aliphatic heterocycles. The number of methoxy groups -OCH3 is 1. The van der Waals surface area contributed by atoms with Gasteiger partial charge in [-0.15, -0.1) is 0 Å². The molecule has 0 saturated heterocycles. The van der Waals surface area contributed by atoms with Gasteiger partial charge in [-0.25, -0.2) is 13.1 Å². The van der Waals surface area contributed by atoms with Crippen LogP contribution in [0, 0.1) is 6.92 Å². The largest absolute Gasteiger partial charge is 0.497 e. The molecule has 0 bridgehead atoms. The first-order chi connectivity index (χ1) is 14.9. The molecule has 3 aromatic rings. The molecule has 4 rings (SSSR count). The summed E-state index contributed by atoms with van der Waals surface area (Å²) in [6, 6.07) is 17.5. The summed E-state index contributed by atoms with van der Waals surface area (Å²) in [6.07, 6.45) is 2.96. The summed E-state index contributed by atoms with van der Waals surface area (Å²) >= 11 is 0. The molecule has 0 radical (unpaired) electrons. The molecule has 1 N–H and O–H groups in total. The van der Waals surface area contributed by atoms with Gasteiger partial charge in [0.15, 0.2) is 0 Å². The van der Waals surface area contributed by atoms with Crippen molar-refractivity contribution in [2.45, 2.75) is 30.8 Å². The highest BCUT2D eigenvalue weighted by Crippen LogP contribution is 2.28. The third kappa shape index (κ3) is 4.54. The molecule has 31 heavy (non-hydrogen) atoms. The van der Waals surface area contributed by atoms with Crippen molar-refractivity contribution >= 4 is 10.0 Å². The molecule has 7 heteroatoms. The average molecular weight is 440 g/mol. The van der Waals surface area contributed by atoms with Gasteiger partial charge < -0.3 is 9.30 Å². The number of ether oxygens (including phenoxy) is 1. The fourth-order valence-electron chi connectivity index (χ4n) is 4.34. The van der Waals surface area contributed by atoms with Gasteiger partial charge in [-0.3, -0.25) is 4.90 Å². The Morgan fingerprint density at radius 1 is 1.10 bits per heavy atom. The van der Waals surface area contributed by atoms with E-state index in [0.717, 1.165) is 25.2 Å². The minimum absolute atomic E-state index is 0.0679.